The summed E-state index contributed by atoms with van der Waals surface area (Å²) < 4.78 is 5.31. The highest BCUT2D eigenvalue weighted by atomic mass is 16.5. The molecule has 0 bridgehead atoms. The Kier molecular flexibility index (Phi) is 3.69. The van der Waals surface area contributed by atoms with Crippen molar-refractivity contribution in [3.63, 3.8) is 0 Å². The molecule has 1 saturated carbocycles. The number of carbonyl (C=O) groups is 1. The van der Waals surface area contributed by atoms with Gasteiger partial charge in [0.25, 0.3) is 0 Å². The normalized spacial score (nSPS) is 15.9. The average molecular weight is 263 g/mol. The highest BCUT2D eigenvalue weighted by molar-refractivity contribution is 5.78. The first-order chi connectivity index (χ1) is 9.02. The van der Waals surface area contributed by atoms with Crippen molar-refractivity contribution in [1.82, 2.24) is 0 Å². The van der Waals surface area contributed by atoms with E-state index in [0.717, 1.165) is 36.3 Å². The molecule has 4 heteroatoms. The fourth-order valence-electron chi connectivity index (χ4n) is 2.41. The molecule has 2 rings (SSSR count). The van der Waals surface area contributed by atoms with E-state index in [1.165, 1.54) is 0 Å². The molecule has 0 unspecified atom stereocenters. The largest absolute Gasteiger partial charge is 0.496 e. The Morgan fingerprint density at radius 2 is 2.16 bits per heavy atom. The van der Waals surface area contributed by atoms with E-state index in [1.54, 1.807) is 7.11 Å². The van der Waals surface area contributed by atoms with Gasteiger partial charge in [-0.05, 0) is 43.0 Å². The molecule has 0 amide bonds. The Labute approximate surface area is 114 Å². The number of nitrogens with zero attached hydrogens (tertiary/aromatic N) is 1. The van der Waals surface area contributed by atoms with Crippen LogP contribution in [0.15, 0.2) is 18.2 Å². The molecular formula is C15H21NO3. The number of aliphatic carboxylic acids is 1. The van der Waals surface area contributed by atoms with Crippen LogP contribution in [0.4, 0.5) is 5.69 Å². The fourth-order valence-corrected chi connectivity index (χ4v) is 2.41. The molecule has 1 aliphatic carbocycles. The Hall–Kier alpha value is -1.71. The van der Waals surface area contributed by atoms with Gasteiger partial charge in [0.15, 0.2) is 0 Å². The van der Waals surface area contributed by atoms with E-state index in [0.29, 0.717) is 6.54 Å². The predicted octanol–water partition coefficient (Wildman–Crippen LogP) is 2.56. The molecule has 0 spiro atoms. The smallest absolute Gasteiger partial charge is 0.311 e. The highest BCUT2D eigenvalue weighted by Crippen LogP contribution is 2.46. The number of ether oxygens (including phenoxy) is 1. The lowest BCUT2D eigenvalue weighted by atomic mass is 10.1. The first kappa shape index (κ1) is 13.7. The summed E-state index contributed by atoms with van der Waals surface area (Å²) in [6, 6.07) is 6.01. The fraction of sp³-hybridized carbons (Fsp3) is 0.533. The zero-order valence-electron chi connectivity index (χ0n) is 11.8. The minimum atomic E-state index is -0.677. The van der Waals surface area contributed by atoms with E-state index in [2.05, 4.69) is 13.0 Å². The van der Waals surface area contributed by atoms with Crippen molar-refractivity contribution in [1.29, 1.82) is 0 Å². The zero-order valence-corrected chi connectivity index (χ0v) is 11.8. The Balaban J connectivity index is 2.15. The number of carboxylic acids is 1. The molecule has 104 valence electrons. The molecule has 1 N–H and O–H groups in total. The van der Waals surface area contributed by atoms with Crippen LogP contribution in [-0.2, 0) is 11.2 Å². The molecule has 0 saturated heterocycles. The minimum absolute atomic E-state index is 0.527. The third-order valence-electron chi connectivity index (χ3n) is 3.93. The molecule has 1 aromatic rings. The van der Waals surface area contributed by atoms with Crippen LogP contribution in [0.2, 0.25) is 0 Å². The second kappa shape index (κ2) is 5.11. The second-order valence-corrected chi connectivity index (χ2v) is 5.29. The summed E-state index contributed by atoms with van der Waals surface area (Å²) in [5.41, 5.74) is 1.67. The first-order valence-electron chi connectivity index (χ1n) is 6.64. The van der Waals surface area contributed by atoms with Crippen LogP contribution in [-0.4, -0.2) is 31.8 Å². The van der Waals surface area contributed by atoms with E-state index in [1.807, 2.05) is 24.1 Å². The van der Waals surface area contributed by atoms with Gasteiger partial charge in [0.1, 0.15) is 5.75 Å². The highest BCUT2D eigenvalue weighted by Gasteiger charge is 2.50. The summed E-state index contributed by atoms with van der Waals surface area (Å²) in [5.74, 6) is 0.211. The van der Waals surface area contributed by atoms with Crippen LogP contribution < -0.4 is 9.64 Å². The Morgan fingerprint density at radius 3 is 2.63 bits per heavy atom. The molecule has 0 radical (unpaired) electrons. The number of hydrogen-bond acceptors (Lipinski definition) is 3. The van der Waals surface area contributed by atoms with E-state index in [9.17, 15) is 9.90 Å². The van der Waals surface area contributed by atoms with Crippen molar-refractivity contribution >= 4 is 11.7 Å². The van der Waals surface area contributed by atoms with E-state index in [-0.39, 0.29) is 0 Å². The van der Waals surface area contributed by atoms with E-state index >= 15 is 0 Å². The summed E-state index contributed by atoms with van der Waals surface area (Å²) >= 11 is 0. The van der Waals surface area contributed by atoms with Gasteiger partial charge in [-0.3, -0.25) is 4.79 Å². The molecule has 0 heterocycles. The lowest BCUT2D eigenvalue weighted by Gasteiger charge is -2.24. The number of methoxy groups -OCH3 is 1. The molecule has 1 aromatic carbocycles. The van der Waals surface area contributed by atoms with Crippen molar-refractivity contribution in [2.45, 2.75) is 26.2 Å². The predicted molar refractivity (Wildman–Crippen MR) is 74.9 cm³/mol. The van der Waals surface area contributed by atoms with Crippen LogP contribution in [0.5, 0.6) is 5.75 Å². The number of anilines is 1. The number of hydrogen-bond donors (Lipinski definition) is 1. The maximum absolute atomic E-state index is 11.2. The number of benzene rings is 1. The van der Waals surface area contributed by atoms with Crippen LogP contribution in [0.1, 0.15) is 25.3 Å². The molecular weight excluding hydrogens is 242 g/mol. The maximum Gasteiger partial charge on any atom is 0.311 e. The van der Waals surface area contributed by atoms with Crippen molar-refractivity contribution in [2.24, 2.45) is 5.41 Å². The van der Waals surface area contributed by atoms with E-state index in [4.69, 9.17) is 4.74 Å². The van der Waals surface area contributed by atoms with Gasteiger partial charge in [0.05, 0.1) is 12.5 Å². The number of carboxylic acid groups (broad SMARTS) is 1. The molecule has 0 aliphatic heterocycles. The number of rotatable bonds is 6. The van der Waals surface area contributed by atoms with Crippen molar-refractivity contribution in [3.05, 3.63) is 23.8 Å². The van der Waals surface area contributed by atoms with Crippen LogP contribution in [0.25, 0.3) is 0 Å². The monoisotopic (exact) mass is 263 g/mol. The third-order valence-corrected chi connectivity index (χ3v) is 3.93. The van der Waals surface area contributed by atoms with Gasteiger partial charge in [-0.15, -0.1) is 0 Å². The van der Waals surface area contributed by atoms with Crippen molar-refractivity contribution in [2.75, 3.05) is 25.6 Å². The van der Waals surface area contributed by atoms with Gasteiger partial charge in [0, 0.05) is 19.3 Å². The topological polar surface area (TPSA) is 49.8 Å². The van der Waals surface area contributed by atoms with Crippen LogP contribution in [0, 0.1) is 5.41 Å². The van der Waals surface area contributed by atoms with Gasteiger partial charge in [-0.2, -0.15) is 0 Å². The van der Waals surface area contributed by atoms with Gasteiger partial charge in [-0.25, -0.2) is 0 Å². The average Bonchev–Trinajstić information content (AvgIpc) is 3.18. The summed E-state index contributed by atoms with van der Waals surface area (Å²) in [7, 11) is 3.62. The van der Waals surface area contributed by atoms with Crippen LogP contribution >= 0.6 is 0 Å². The minimum Gasteiger partial charge on any atom is -0.496 e. The van der Waals surface area contributed by atoms with Gasteiger partial charge >= 0.3 is 5.97 Å². The van der Waals surface area contributed by atoms with Crippen LogP contribution in [0.3, 0.4) is 0 Å². The summed E-state index contributed by atoms with van der Waals surface area (Å²) in [6.45, 7) is 2.65. The maximum atomic E-state index is 11.2. The van der Waals surface area contributed by atoms with Gasteiger partial charge in [0.2, 0.25) is 0 Å². The molecule has 0 aromatic heterocycles. The summed E-state index contributed by atoms with van der Waals surface area (Å²) in [4.78, 5) is 13.3. The zero-order chi connectivity index (χ0) is 14.0. The molecule has 19 heavy (non-hydrogen) atoms. The molecule has 1 fully saturated rings. The summed E-state index contributed by atoms with van der Waals surface area (Å²) in [5, 5.41) is 9.24. The second-order valence-electron chi connectivity index (χ2n) is 5.29. The Morgan fingerprint density at radius 1 is 1.47 bits per heavy atom. The SMILES string of the molecule is CCc1cc(N(C)CC2(C(=O)O)CC2)ccc1OC. The lowest BCUT2D eigenvalue weighted by molar-refractivity contribution is -0.142. The van der Waals surface area contributed by atoms with Gasteiger partial charge < -0.3 is 14.7 Å². The quantitative estimate of drug-likeness (QED) is 0.857. The van der Waals surface area contributed by atoms with Crippen molar-refractivity contribution < 1.29 is 14.6 Å². The number of aryl methyl sites for hydroxylation is 1. The lowest BCUT2D eigenvalue weighted by Crippen LogP contribution is -2.31. The van der Waals surface area contributed by atoms with Crippen molar-refractivity contribution in [3.8, 4) is 5.75 Å². The Bertz CT molecular complexity index is 480. The van der Waals surface area contributed by atoms with Gasteiger partial charge in [-0.1, -0.05) is 6.92 Å². The van der Waals surface area contributed by atoms with E-state index < -0.39 is 11.4 Å². The first-order valence-corrected chi connectivity index (χ1v) is 6.64. The molecule has 0 atom stereocenters. The third kappa shape index (κ3) is 2.67. The molecule has 1 aliphatic rings. The standard InChI is InChI=1S/C15H21NO3/c1-4-11-9-12(5-6-13(11)19-3)16(2)10-15(7-8-15)14(17)18/h5-6,9H,4,7-8,10H2,1-3H3,(H,17,18). The molecule has 4 nitrogen and oxygen atoms in total. The summed E-state index contributed by atoms with van der Waals surface area (Å²) in [6.07, 6.45) is 2.46.